The summed E-state index contributed by atoms with van der Waals surface area (Å²) >= 11 is 0. The lowest BCUT2D eigenvalue weighted by atomic mass is 10.0. The van der Waals surface area contributed by atoms with Crippen molar-refractivity contribution in [3.05, 3.63) is 107 Å². The van der Waals surface area contributed by atoms with Crippen LogP contribution in [0.5, 0.6) is 0 Å². The molecule has 0 unspecified atom stereocenters. The predicted octanol–water partition coefficient (Wildman–Crippen LogP) is 6.14. The van der Waals surface area contributed by atoms with Crippen molar-refractivity contribution in [2.45, 2.75) is 26.4 Å². The zero-order chi connectivity index (χ0) is 19.5. The summed E-state index contributed by atoms with van der Waals surface area (Å²) < 4.78 is 5.87. The molecule has 4 aromatic rings. The lowest BCUT2D eigenvalue weighted by Gasteiger charge is -2.29. The Bertz CT molecular complexity index is 1060. The molecule has 0 bridgehead atoms. The molecule has 1 atom stereocenters. The Kier molecular flexibility index (Phi) is 4.98. The Morgan fingerprint density at radius 2 is 1.61 bits per heavy atom. The van der Waals surface area contributed by atoms with Crippen LogP contribution in [0.25, 0.3) is 11.0 Å². The number of amides is 1. The van der Waals surface area contributed by atoms with Gasteiger partial charge in [-0.3, -0.25) is 4.79 Å². The van der Waals surface area contributed by atoms with Gasteiger partial charge in [-0.1, -0.05) is 72.8 Å². The van der Waals surface area contributed by atoms with E-state index in [1.165, 1.54) is 5.56 Å². The molecule has 0 fully saturated rings. The van der Waals surface area contributed by atoms with Gasteiger partial charge in [-0.25, -0.2) is 0 Å². The van der Waals surface area contributed by atoms with Crippen LogP contribution in [-0.4, -0.2) is 10.8 Å². The van der Waals surface area contributed by atoms with E-state index in [2.05, 4.69) is 38.1 Å². The van der Waals surface area contributed by atoms with Gasteiger partial charge in [0.05, 0.1) is 6.04 Å². The first kappa shape index (κ1) is 18.1. The number of carbonyl (C=O) groups is 1. The number of carbonyl (C=O) groups excluding carboxylic acids is 1. The average molecular weight is 369 g/mol. The molecule has 1 heterocycles. The van der Waals surface area contributed by atoms with Crippen LogP contribution in [0, 0.1) is 6.92 Å². The SMILES string of the molecule is Cc1ccccc1CN(C(=O)c1cc2ccccc2o1)[C@@H](C)c1ccccc1. The predicted molar refractivity (Wildman–Crippen MR) is 112 cm³/mol. The van der Waals surface area contributed by atoms with Crippen molar-refractivity contribution in [2.75, 3.05) is 0 Å². The fourth-order valence-electron chi connectivity index (χ4n) is 3.50. The van der Waals surface area contributed by atoms with E-state index < -0.39 is 0 Å². The smallest absolute Gasteiger partial charge is 0.290 e. The third kappa shape index (κ3) is 3.56. The van der Waals surface area contributed by atoms with E-state index in [-0.39, 0.29) is 11.9 Å². The standard InChI is InChI=1S/C25H23NO2/c1-18-10-6-7-14-22(18)17-26(19(2)20-11-4-3-5-12-20)25(27)24-16-21-13-8-9-15-23(21)28-24/h3-16,19H,17H2,1-2H3/t19-/m0/s1. The highest BCUT2D eigenvalue weighted by molar-refractivity contribution is 5.96. The van der Waals surface area contributed by atoms with Crippen molar-refractivity contribution in [1.82, 2.24) is 4.90 Å². The van der Waals surface area contributed by atoms with Crippen LogP contribution in [0.4, 0.5) is 0 Å². The minimum atomic E-state index is -0.101. The molecule has 0 aliphatic rings. The highest BCUT2D eigenvalue weighted by Gasteiger charge is 2.26. The first-order valence-electron chi connectivity index (χ1n) is 9.52. The zero-order valence-corrected chi connectivity index (χ0v) is 16.1. The Hall–Kier alpha value is -3.33. The summed E-state index contributed by atoms with van der Waals surface area (Å²) in [5.41, 5.74) is 4.13. The number of furan rings is 1. The van der Waals surface area contributed by atoms with E-state index >= 15 is 0 Å². The molecule has 140 valence electrons. The van der Waals surface area contributed by atoms with Crippen LogP contribution in [-0.2, 0) is 6.54 Å². The summed E-state index contributed by atoms with van der Waals surface area (Å²) in [6, 6.07) is 27.8. The van der Waals surface area contributed by atoms with Gasteiger partial charge in [-0.15, -0.1) is 0 Å². The average Bonchev–Trinajstić information content (AvgIpc) is 3.17. The maximum Gasteiger partial charge on any atom is 0.290 e. The van der Waals surface area contributed by atoms with Crippen molar-refractivity contribution in [3.8, 4) is 0 Å². The second-order valence-electron chi connectivity index (χ2n) is 7.09. The van der Waals surface area contributed by atoms with Crippen molar-refractivity contribution < 1.29 is 9.21 Å². The Balaban J connectivity index is 1.73. The Labute approximate surface area is 165 Å². The monoisotopic (exact) mass is 369 g/mol. The second-order valence-corrected chi connectivity index (χ2v) is 7.09. The van der Waals surface area contributed by atoms with Gasteiger partial charge in [-0.05, 0) is 42.7 Å². The maximum atomic E-state index is 13.5. The highest BCUT2D eigenvalue weighted by Crippen LogP contribution is 2.27. The van der Waals surface area contributed by atoms with E-state index in [4.69, 9.17) is 4.42 Å². The molecule has 0 aliphatic carbocycles. The van der Waals surface area contributed by atoms with Gasteiger partial charge in [0, 0.05) is 11.9 Å². The van der Waals surface area contributed by atoms with Gasteiger partial charge in [-0.2, -0.15) is 0 Å². The third-order valence-corrected chi connectivity index (χ3v) is 5.25. The lowest BCUT2D eigenvalue weighted by Crippen LogP contribution is -2.33. The number of hydrogen-bond acceptors (Lipinski definition) is 2. The summed E-state index contributed by atoms with van der Waals surface area (Å²) in [5, 5.41) is 0.939. The largest absolute Gasteiger partial charge is 0.451 e. The summed E-state index contributed by atoms with van der Waals surface area (Å²) in [6.07, 6.45) is 0. The number of para-hydroxylation sites is 1. The van der Waals surface area contributed by atoms with Crippen LogP contribution in [0.1, 0.15) is 40.2 Å². The fraction of sp³-hybridized carbons (Fsp3) is 0.160. The molecule has 0 spiro atoms. The molecule has 1 aromatic heterocycles. The molecule has 0 aliphatic heterocycles. The van der Waals surface area contributed by atoms with Crippen LogP contribution >= 0.6 is 0 Å². The number of benzene rings is 3. The number of nitrogens with zero attached hydrogens (tertiary/aromatic N) is 1. The van der Waals surface area contributed by atoms with Crippen molar-refractivity contribution in [1.29, 1.82) is 0 Å². The number of rotatable bonds is 5. The van der Waals surface area contributed by atoms with E-state index in [1.54, 1.807) is 0 Å². The molecule has 1 amide bonds. The molecule has 0 saturated heterocycles. The van der Waals surface area contributed by atoms with Crippen molar-refractivity contribution >= 4 is 16.9 Å². The molecule has 0 N–H and O–H groups in total. The Morgan fingerprint density at radius 3 is 2.36 bits per heavy atom. The summed E-state index contributed by atoms with van der Waals surface area (Å²) in [6.45, 7) is 4.67. The van der Waals surface area contributed by atoms with Crippen LogP contribution in [0.2, 0.25) is 0 Å². The maximum absolute atomic E-state index is 13.5. The summed E-state index contributed by atoms with van der Waals surface area (Å²) in [4.78, 5) is 15.4. The molecule has 4 rings (SSSR count). The minimum Gasteiger partial charge on any atom is -0.451 e. The van der Waals surface area contributed by atoms with Gasteiger partial charge in [0.15, 0.2) is 5.76 Å². The van der Waals surface area contributed by atoms with E-state index in [1.807, 2.05) is 65.6 Å². The molecule has 0 radical (unpaired) electrons. The summed E-state index contributed by atoms with van der Waals surface area (Å²) in [5.74, 6) is 0.272. The first-order valence-corrected chi connectivity index (χ1v) is 9.52. The molecule has 28 heavy (non-hydrogen) atoms. The van der Waals surface area contributed by atoms with Gasteiger partial charge in [0.1, 0.15) is 5.58 Å². The topological polar surface area (TPSA) is 33.5 Å². The van der Waals surface area contributed by atoms with Gasteiger partial charge in [0.2, 0.25) is 0 Å². The highest BCUT2D eigenvalue weighted by atomic mass is 16.3. The second kappa shape index (κ2) is 7.73. The van der Waals surface area contributed by atoms with Gasteiger partial charge < -0.3 is 9.32 Å². The van der Waals surface area contributed by atoms with Crippen molar-refractivity contribution in [2.24, 2.45) is 0 Å². The van der Waals surface area contributed by atoms with Crippen LogP contribution in [0.15, 0.2) is 89.3 Å². The Morgan fingerprint density at radius 1 is 0.929 bits per heavy atom. The number of fused-ring (bicyclic) bond motifs is 1. The molecule has 3 heteroatoms. The van der Waals surface area contributed by atoms with Crippen LogP contribution < -0.4 is 0 Å². The molecular formula is C25H23NO2. The van der Waals surface area contributed by atoms with Crippen molar-refractivity contribution in [3.63, 3.8) is 0 Å². The molecule has 0 saturated carbocycles. The zero-order valence-electron chi connectivity index (χ0n) is 16.1. The molecular weight excluding hydrogens is 346 g/mol. The molecule has 3 nitrogen and oxygen atoms in total. The fourth-order valence-corrected chi connectivity index (χ4v) is 3.50. The summed E-state index contributed by atoms with van der Waals surface area (Å²) in [7, 11) is 0. The third-order valence-electron chi connectivity index (χ3n) is 5.25. The quantitative estimate of drug-likeness (QED) is 0.423. The number of aryl methyl sites for hydroxylation is 1. The first-order chi connectivity index (χ1) is 13.6. The van der Waals surface area contributed by atoms with Gasteiger partial charge >= 0.3 is 0 Å². The minimum absolute atomic E-state index is 0.0819. The van der Waals surface area contributed by atoms with E-state index in [0.29, 0.717) is 12.3 Å². The van der Waals surface area contributed by atoms with E-state index in [9.17, 15) is 4.79 Å². The normalized spacial score (nSPS) is 12.1. The van der Waals surface area contributed by atoms with Gasteiger partial charge in [0.25, 0.3) is 5.91 Å². The lowest BCUT2D eigenvalue weighted by molar-refractivity contribution is 0.0643. The van der Waals surface area contributed by atoms with Crippen LogP contribution in [0.3, 0.4) is 0 Å². The molecule has 3 aromatic carbocycles. The number of hydrogen-bond donors (Lipinski definition) is 0. The van der Waals surface area contributed by atoms with E-state index in [0.717, 1.165) is 22.1 Å².